The summed E-state index contributed by atoms with van der Waals surface area (Å²) in [6.45, 7) is 9.17. The van der Waals surface area contributed by atoms with E-state index in [9.17, 15) is 9.59 Å². The second-order valence-corrected chi connectivity index (χ2v) is 7.82. The Kier molecular flexibility index (Phi) is 7.33. The smallest absolute Gasteiger partial charge is 0.262 e. The van der Waals surface area contributed by atoms with E-state index in [1.54, 1.807) is 0 Å². The predicted octanol–water partition coefficient (Wildman–Crippen LogP) is 3.77. The Hall–Kier alpha value is -3.02. The summed E-state index contributed by atoms with van der Waals surface area (Å²) >= 11 is 0. The Balaban J connectivity index is 1.47. The quantitative estimate of drug-likeness (QED) is 0.756. The number of nitrogens with zero attached hydrogens (tertiary/aromatic N) is 2. The van der Waals surface area contributed by atoms with Crippen molar-refractivity contribution in [3.8, 4) is 5.75 Å². The van der Waals surface area contributed by atoms with Gasteiger partial charge in [0.15, 0.2) is 6.61 Å². The van der Waals surface area contributed by atoms with Gasteiger partial charge in [0.1, 0.15) is 5.75 Å². The molecule has 2 aromatic carbocycles. The summed E-state index contributed by atoms with van der Waals surface area (Å²) in [5.41, 5.74) is 4.06. The zero-order valence-electron chi connectivity index (χ0n) is 18.1. The van der Waals surface area contributed by atoms with Gasteiger partial charge in [-0.05, 0) is 67.8 Å². The van der Waals surface area contributed by atoms with E-state index in [4.69, 9.17) is 4.74 Å². The number of ether oxygens (including phenoxy) is 1. The van der Waals surface area contributed by atoms with Crippen LogP contribution in [0.5, 0.6) is 5.75 Å². The van der Waals surface area contributed by atoms with Crippen LogP contribution in [0.1, 0.15) is 30.9 Å². The molecule has 160 valence electrons. The van der Waals surface area contributed by atoms with Crippen molar-refractivity contribution in [2.45, 2.75) is 33.6 Å². The number of benzene rings is 2. The maximum Gasteiger partial charge on any atom is 0.262 e. The second kappa shape index (κ2) is 10.1. The SMILES string of the molecule is CCCC(=O)N1CCN(c2ccc(NC(=O)COc3cc(C)cc(C)c3)cc2)CC1. The number of hydrogen-bond acceptors (Lipinski definition) is 4. The van der Waals surface area contributed by atoms with E-state index in [1.165, 1.54) is 0 Å². The van der Waals surface area contributed by atoms with Crippen LogP contribution in [0, 0.1) is 13.8 Å². The van der Waals surface area contributed by atoms with Crippen LogP contribution in [0.3, 0.4) is 0 Å². The highest BCUT2D eigenvalue weighted by Crippen LogP contribution is 2.20. The third-order valence-corrected chi connectivity index (χ3v) is 5.18. The van der Waals surface area contributed by atoms with Gasteiger partial charge in [-0.25, -0.2) is 0 Å². The van der Waals surface area contributed by atoms with Gasteiger partial charge in [-0.15, -0.1) is 0 Å². The van der Waals surface area contributed by atoms with Crippen LogP contribution < -0.4 is 15.0 Å². The average molecular weight is 410 g/mol. The Bertz CT molecular complexity index is 852. The summed E-state index contributed by atoms with van der Waals surface area (Å²) in [6.07, 6.45) is 1.52. The van der Waals surface area contributed by atoms with Gasteiger partial charge in [0, 0.05) is 44.0 Å². The van der Waals surface area contributed by atoms with Crippen molar-refractivity contribution in [2.75, 3.05) is 43.0 Å². The van der Waals surface area contributed by atoms with Crippen molar-refractivity contribution in [2.24, 2.45) is 0 Å². The molecule has 0 spiro atoms. The van der Waals surface area contributed by atoms with Crippen molar-refractivity contribution in [3.05, 3.63) is 53.6 Å². The molecule has 0 atom stereocenters. The lowest BCUT2D eigenvalue weighted by Gasteiger charge is -2.36. The standard InChI is InChI=1S/C24H31N3O3/c1-4-5-24(29)27-12-10-26(11-13-27)21-8-6-20(7-9-21)25-23(28)17-30-22-15-18(2)14-19(3)16-22/h6-9,14-16H,4-5,10-13,17H2,1-3H3,(H,25,28). The number of aryl methyl sites for hydroxylation is 2. The van der Waals surface area contributed by atoms with Crippen LogP contribution in [0.2, 0.25) is 0 Å². The van der Waals surface area contributed by atoms with Crippen LogP contribution in [0.15, 0.2) is 42.5 Å². The first-order valence-electron chi connectivity index (χ1n) is 10.6. The Labute approximate surface area is 178 Å². The summed E-state index contributed by atoms with van der Waals surface area (Å²) < 4.78 is 5.61. The van der Waals surface area contributed by atoms with Crippen LogP contribution in [-0.2, 0) is 9.59 Å². The fourth-order valence-corrected chi connectivity index (χ4v) is 3.70. The number of anilines is 2. The molecule has 0 aromatic heterocycles. The molecule has 0 unspecified atom stereocenters. The molecule has 1 aliphatic rings. The third-order valence-electron chi connectivity index (χ3n) is 5.18. The summed E-state index contributed by atoms with van der Waals surface area (Å²) in [7, 11) is 0. The number of rotatable bonds is 7. The second-order valence-electron chi connectivity index (χ2n) is 7.82. The number of nitrogens with one attached hydrogen (secondary N) is 1. The maximum absolute atomic E-state index is 12.2. The molecule has 3 rings (SSSR count). The highest BCUT2D eigenvalue weighted by atomic mass is 16.5. The van der Waals surface area contributed by atoms with E-state index in [-0.39, 0.29) is 18.4 Å². The molecule has 1 N–H and O–H groups in total. The number of hydrogen-bond donors (Lipinski definition) is 1. The molecule has 1 fully saturated rings. The molecule has 0 bridgehead atoms. The first-order valence-corrected chi connectivity index (χ1v) is 10.6. The molecule has 6 heteroatoms. The van der Waals surface area contributed by atoms with Crippen molar-refractivity contribution < 1.29 is 14.3 Å². The molecule has 6 nitrogen and oxygen atoms in total. The minimum absolute atomic E-state index is 0.0294. The van der Waals surface area contributed by atoms with E-state index in [1.807, 2.05) is 62.1 Å². The van der Waals surface area contributed by atoms with Gasteiger partial charge in [0.05, 0.1) is 0 Å². The van der Waals surface area contributed by atoms with Crippen LogP contribution in [0.4, 0.5) is 11.4 Å². The van der Waals surface area contributed by atoms with Crippen LogP contribution >= 0.6 is 0 Å². The number of amides is 2. The third kappa shape index (κ3) is 5.99. The van der Waals surface area contributed by atoms with E-state index in [0.717, 1.165) is 55.1 Å². The van der Waals surface area contributed by atoms with Gasteiger partial charge in [-0.2, -0.15) is 0 Å². The minimum atomic E-state index is -0.190. The lowest BCUT2D eigenvalue weighted by Crippen LogP contribution is -2.48. The van der Waals surface area contributed by atoms with Crippen molar-refractivity contribution in [3.63, 3.8) is 0 Å². The molecule has 0 aliphatic carbocycles. The molecule has 1 aliphatic heterocycles. The van der Waals surface area contributed by atoms with Crippen molar-refractivity contribution in [1.29, 1.82) is 0 Å². The fourth-order valence-electron chi connectivity index (χ4n) is 3.70. The van der Waals surface area contributed by atoms with Gasteiger partial charge in [0.2, 0.25) is 5.91 Å². The summed E-state index contributed by atoms with van der Waals surface area (Å²) in [4.78, 5) is 28.5. The highest BCUT2D eigenvalue weighted by molar-refractivity contribution is 5.92. The largest absolute Gasteiger partial charge is 0.484 e. The molecule has 30 heavy (non-hydrogen) atoms. The maximum atomic E-state index is 12.2. The van der Waals surface area contributed by atoms with Gasteiger partial charge in [0.25, 0.3) is 5.91 Å². The topological polar surface area (TPSA) is 61.9 Å². The Morgan fingerprint density at radius 3 is 2.20 bits per heavy atom. The Morgan fingerprint density at radius 1 is 0.967 bits per heavy atom. The van der Waals surface area contributed by atoms with E-state index < -0.39 is 0 Å². The van der Waals surface area contributed by atoms with Crippen LogP contribution in [-0.4, -0.2) is 49.5 Å². The summed E-state index contributed by atoms with van der Waals surface area (Å²) in [6, 6.07) is 13.7. The Morgan fingerprint density at radius 2 is 1.60 bits per heavy atom. The molecule has 1 saturated heterocycles. The van der Waals surface area contributed by atoms with Gasteiger partial charge in [-0.3, -0.25) is 9.59 Å². The first kappa shape index (κ1) is 21.7. The van der Waals surface area contributed by atoms with Gasteiger partial charge in [-0.1, -0.05) is 13.0 Å². The van der Waals surface area contributed by atoms with Gasteiger partial charge < -0.3 is 19.9 Å². The monoisotopic (exact) mass is 409 g/mol. The zero-order valence-corrected chi connectivity index (χ0v) is 18.1. The summed E-state index contributed by atoms with van der Waals surface area (Å²) in [5.74, 6) is 0.762. The van der Waals surface area contributed by atoms with E-state index in [2.05, 4.69) is 16.3 Å². The average Bonchev–Trinajstić information content (AvgIpc) is 2.72. The summed E-state index contributed by atoms with van der Waals surface area (Å²) in [5, 5.41) is 2.87. The molecule has 1 heterocycles. The van der Waals surface area contributed by atoms with Crippen LogP contribution in [0.25, 0.3) is 0 Å². The predicted molar refractivity (Wildman–Crippen MR) is 120 cm³/mol. The number of carbonyl (C=O) groups excluding carboxylic acids is 2. The highest BCUT2D eigenvalue weighted by Gasteiger charge is 2.20. The number of carbonyl (C=O) groups is 2. The molecule has 2 aromatic rings. The van der Waals surface area contributed by atoms with Crippen molar-refractivity contribution >= 4 is 23.2 Å². The fraction of sp³-hybridized carbons (Fsp3) is 0.417. The molecule has 0 saturated carbocycles. The molecular formula is C24H31N3O3. The first-order chi connectivity index (χ1) is 14.4. The normalized spacial score (nSPS) is 13.8. The van der Waals surface area contributed by atoms with E-state index in [0.29, 0.717) is 12.2 Å². The van der Waals surface area contributed by atoms with Crippen molar-refractivity contribution in [1.82, 2.24) is 4.90 Å². The molecular weight excluding hydrogens is 378 g/mol. The minimum Gasteiger partial charge on any atom is -0.484 e. The lowest BCUT2D eigenvalue weighted by atomic mass is 10.1. The lowest BCUT2D eigenvalue weighted by molar-refractivity contribution is -0.131. The molecule has 0 radical (unpaired) electrons. The van der Waals surface area contributed by atoms with Gasteiger partial charge >= 0.3 is 0 Å². The van der Waals surface area contributed by atoms with E-state index >= 15 is 0 Å². The number of piperazine rings is 1. The zero-order chi connectivity index (χ0) is 21.5. The molecule has 2 amide bonds.